The maximum Gasteiger partial charge on any atom is 0.273 e. The van der Waals surface area contributed by atoms with Crippen LogP contribution in [0.1, 0.15) is 0 Å². The van der Waals surface area contributed by atoms with Crippen molar-refractivity contribution in [3.63, 3.8) is 0 Å². The van der Waals surface area contributed by atoms with Crippen LogP contribution in [0.25, 0.3) is 0 Å². The summed E-state index contributed by atoms with van der Waals surface area (Å²) < 4.78 is 15.9. The third-order valence-corrected chi connectivity index (χ3v) is 2.32. The van der Waals surface area contributed by atoms with Crippen molar-refractivity contribution < 1.29 is 19.1 Å². The SMILES string of the molecule is C=CCOc1cc([N+](=O)[O-])ccc1OCC1CO1. The van der Waals surface area contributed by atoms with E-state index in [0.29, 0.717) is 24.7 Å². The number of ether oxygens (including phenoxy) is 3. The van der Waals surface area contributed by atoms with Crippen molar-refractivity contribution in [1.29, 1.82) is 0 Å². The van der Waals surface area contributed by atoms with Crippen LogP contribution in [0, 0.1) is 10.1 Å². The van der Waals surface area contributed by atoms with Crippen LogP contribution in [-0.4, -0.2) is 30.8 Å². The molecule has 1 unspecified atom stereocenters. The van der Waals surface area contributed by atoms with Crippen molar-refractivity contribution in [2.75, 3.05) is 19.8 Å². The first kappa shape index (κ1) is 12.4. The van der Waals surface area contributed by atoms with Crippen molar-refractivity contribution in [3.8, 4) is 11.5 Å². The minimum atomic E-state index is -0.478. The van der Waals surface area contributed by atoms with E-state index in [1.807, 2.05) is 0 Å². The molecule has 0 saturated carbocycles. The predicted molar refractivity (Wildman–Crippen MR) is 64.0 cm³/mol. The van der Waals surface area contributed by atoms with E-state index >= 15 is 0 Å². The second-order valence-corrected chi connectivity index (χ2v) is 3.75. The maximum atomic E-state index is 10.7. The van der Waals surface area contributed by atoms with Crippen molar-refractivity contribution in [2.45, 2.75) is 6.10 Å². The molecular formula is C12H13NO5. The average molecular weight is 251 g/mol. The lowest BCUT2D eigenvalue weighted by atomic mass is 10.3. The number of nitro groups is 1. The lowest BCUT2D eigenvalue weighted by molar-refractivity contribution is -0.385. The number of nitro benzene ring substituents is 1. The van der Waals surface area contributed by atoms with Gasteiger partial charge in [0.2, 0.25) is 0 Å². The first-order chi connectivity index (χ1) is 8.70. The standard InChI is InChI=1S/C12H13NO5/c1-2-5-16-12-6-9(13(14)15)3-4-11(12)18-8-10-7-17-10/h2-4,6,10H,1,5,7-8H2. The average Bonchev–Trinajstić information content (AvgIpc) is 3.18. The van der Waals surface area contributed by atoms with Gasteiger partial charge in [-0.3, -0.25) is 10.1 Å². The summed E-state index contributed by atoms with van der Waals surface area (Å²) in [6.45, 7) is 4.90. The van der Waals surface area contributed by atoms with Crippen LogP contribution in [0.5, 0.6) is 11.5 Å². The van der Waals surface area contributed by atoms with Crippen LogP contribution in [0.15, 0.2) is 30.9 Å². The molecule has 1 aliphatic rings. The molecule has 0 bridgehead atoms. The zero-order valence-corrected chi connectivity index (χ0v) is 9.70. The molecule has 0 aromatic heterocycles. The topological polar surface area (TPSA) is 74.1 Å². The Hall–Kier alpha value is -2.08. The fourth-order valence-electron chi connectivity index (χ4n) is 1.34. The maximum absolute atomic E-state index is 10.7. The smallest absolute Gasteiger partial charge is 0.273 e. The third-order valence-electron chi connectivity index (χ3n) is 2.32. The summed E-state index contributed by atoms with van der Waals surface area (Å²) in [6.07, 6.45) is 1.68. The largest absolute Gasteiger partial charge is 0.487 e. The van der Waals surface area contributed by atoms with Crippen LogP contribution in [0.2, 0.25) is 0 Å². The van der Waals surface area contributed by atoms with Gasteiger partial charge >= 0.3 is 0 Å². The zero-order valence-electron chi connectivity index (χ0n) is 9.70. The predicted octanol–water partition coefficient (Wildman–Crippen LogP) is 1.94. The molecule has 0 spiro atoms. The minimum Gasteiger partial charge on any atom is -0.487 e. The number of rotatable bonds is 7. The van der Waals surface area contributed by atoms with Crippen LogP contribution in [0.4, 0.5) is 5.69 Å². The number of benzene rings is 1. The molecule has 2 rings (SSSR count). The third kappa shape index (κ3) is 3.21. The highest BCUT2D eigenvalue weighted by Crippen LogP contribution is 2.32. The monoisotopic (exact) mass is 251 g/mol. The van der Waals surface area contributed by atoms with Gasteiger partial charge < -0.3 is 14.2 Å². The Balaban J connectivity index is 2.13. The van der Waals surface area contributed by atoms with E-state index in [0.717, 1.165) is 0 Å². The van der Waals surface area contributed by atoms with Gasteiger partial charge in [0.15, 0.2) is 11.5 Å². The van der Waals surface area contributed by atoms with Gasteiger partial charge in [0.25, 0.3) is 5.69 Å². The highest BCUT2D eigenvalue weighted by molar-refractivity contribution is 5.48. The number of epoxide rings is 1. The summed E-state index contributed by atoms with van der Waals surface area (Å²) in [4.78, 5) is 10.2. The summed E-state index contributed by atoms with van der Waals surface area (Å²) in [5.41, 5.74) is -0.0379. The van der Waals surface area contributed by atoms with Gasteiger partial charge in [-0.05, 0) is 6.07 Å². The molecule has 1 aromatic rings. The molecule has 6 heteroatoms. The molecule has 1 heterocycles. The summed E-state index contributed by atoms with van der Waals surface area (Å²) in [5, 5.41) is 10.7. The molecule has 1 fully saturated rings. The summed E-state index contributed by atoms with van der Waals surface area (Å²) in [7, 11) is 0. The molecule has 6 nitrogen and oxygen atoms in total. The van der Waals surface area contributed by atoms with Gasteiger partial charge in [0, 0.05) is 6.07 Å². The van der Waals surface area contributed by atoms with Crippen LogP contribution < -0.4 is 9.47 Å². The molecule has 1 atom stereocenters. The number of nitrogens with zero attached hydrogens (tertiary/aromatic N) is 1. The fraction of sp³-hybridized carbons (Fsp3) is 0.333. The first-order valence-electron chi connectivity index (χ1n) is 5.47. The van der Waals surface area contributed by atoms with E-state index in [4.69, 9.17) is 14.2 Å². The molecule has 1 saturated heterocycles. The highest BCUT2D eigenvalue weighted by atomic mass is 16.6. The fourth-order valence-corrected chi connectivity index (χ4v) is 1.34. The van der Waals surface area contributed by atoms with E-state index in [-0.39, 0.29) is 18.4 Å². The Morgan fingerprint density at radius 3 is 2.89 bits per heavy atom. The van der Waals surface area contributed by atoms with Gasteiger partial charge in [-0.15, -0.1) is 0 Å². The minimum absolute atomic E-state index is 0.0379. The van der Waals surface area contributed by atoms with E-state index in [9.17, 15) is 10.1 Å². The Kier molecular flexibility index (Phi) is 3.78. The molecule has 1 aliphatic heterocycles. The molecule has 0 aliphatic carbocycles. The number of non-ortho nitro benzene ring substituents is 1. The van der Waals surface area contributed by atoms with Crippen molar-refractivity contribution >= 4 is 5.69 Å². The summed E-state index contributed by atoms with van der Waals surface area (Å²) >= 11 is 0. The van der Waals surface area contributed by atoms with Crippen LogP contribution in [0.3, 0.4) is 0 Å². The highest BCUT2D eigenvalue weighted by Gasteiger charge is 2.24. The number of hydrogen-bond donors (Lipinski definition) is 0. The molecule has 0 N–H and O–H groups in total. The van der Waals surface area contributed by atoms with E-state index < -0.39 is 4.92 Å². The Bertz CT molecular complexity index is 456. The van der Waals surface area contributed by atoms with E-state index in [1.165, 1.54) is 18.2 Å². The summed E-state index contributed by atoms with van der Waals surface area (Å²) in [6, 6.07) is 4.25. The zero-order chi connectivity index (χ0) is 13.0. The van der Waals surface area contributed by atoms with Gasteiger partial charge in [-0.1, -0.05) is 12.7 Å². The lowest BCUT2D eigenvalue weighted by Crippen LogP contribution is -2.06. The molecule has 96 valence electrons. The Morgan fingerprint density at radius 2 is 2.28 bits per heavy atom. The van der Waals surface area contributed by atoms with Crippen LogP contribution in [-0.2, 0) is 4.74 Å². The molecule has 18 heavy (non-hydrogen) atoms. The Labute approximate surface area is 104 Å². The first-order valence-corrected chi connectivity index (χ1v) is 5.47. The van der Waals surface area contributed by atoms with Crippen molar-refractivity contribution in [1.82, 2.24) is 0 Å². The van der Waals surface area contributed by atoms with E-state index in [2.05, 4.69) is 6.58 Å². The quantitative estimate of drug-likeness (QED) is 0.320. The molecular weight excluding hydrogens is 238 g/mol. The Morgan fingerprint density at radius 1 is 1.50 bits per heavy atom. The molecule has 0 amide bonds. The van der Waals surface area contributed by atoms with Crippen molar-refractivity contribution in [3.05, 3.63) is 41.0 Å². The molecule has 1 aromatic carbocycles. The van der Waals surface area contributed by atoms with Gasteiger partial charge in [0.05, 0.1) is 17.6 Å². The number of hydrogen-bond acceptors (Lipinski definition) is 5. The van der Waals surface area contributed by atoms with Gasteiger partial charge in [0.1, 0.15) is 19.3 Å². The van der Waals surface area contributed by atoms with Crippen LogP contribution >= 0.6 is 0 Å². The van der Waals surface area contributed by atoms with E-state index in [1.54, 1.807) is 6.08 Å². The normalized spacial score (nSPS) is 17.0. The second kappa shape index (κ2) is 5.50. The lowest BCUT2D eigenvalue weighted by Gasteiger charge is -2.10. The van der Waals surface area contributed by atoms with Crippen molar-refractivity contribution in [2.24, 2.45) is 0 Å². The summed E-state index contributed by atoms with van der Waals surface area (Å²) in [5.74, 6) is 0.808. The second-order valence-electron chi connectivity index (χ2n) is 3.75. The van der Waals surface area contributed by atoms with Gasteiger partial charge in [-0.2, -0.15) is 0 Å². The van der Waals surface area contributed by atoms with Gasteiger partial charge in [-0.25, -0.2) is 0 Å². The molecule has 0 radical (unpaired) electrons.